The average Bonchev–Trinajstić information content (AvgIpc) is 2.88. The largest absolute Gasteiger partial charge is 0.0587 e. The third-order valence-electron chi connectivity index (χ3n) is 5.33. The van der Waals surface area contributed by atoms with Crippen molar-refractivity contribution >= 4 is 0 Å². The van der Waals surface area contributed by atoms with Crippen molar-refractivity contribution in [3.8, 4) is 0 Å². The molecule has 0 heteroatoms. The molecule has 0 amide bonds. The fraction of sp³-hybridized carbons (Fsp3) is 0.684. The summed E-state index contributed by atoms with van der Waals surface area (Å²) >= 11 is 0. The Hall–Kier alpha value is -0.780. The summed E-state index contributed by atoms with van der Waals surface area (Å²) < 4.78 is 0. The van der Waals surface area contributed by atoms with Crippen LogP contribution in [0.3, 0.4) is 0 Å². The SMILES string of the molecule is CC1=CC(=C(C2CCCCC2)C2CCCCC2)C=C1. The Balaban J connectivity index is 1.88. The lowest BCUT2D eigenvalue weighted by molar-refractivity contribution is 0.325. The van der Waals surface area contributed by atoms with Gasteiger partial charge in [-0.15, -0.1) is 0 Å². The molecule has 0 radical (unpaired) electrons. The van der Waals surface area contributed by atoms with Crippen LogP contribution in [0.1, 0.15) is 71.1 Å². The smallest absolute Gasteiger partial charge is 0.0191 e. The van der Waals surface area contributed by atoms with E-state index in [0.717, 1.165) is 11.8 Å². The van der Waals surface area contributed by atoms with E-state index >= 15 is 0 Å². The minimum atomic E-state index is 0.902. The minimum absolute atomic E-state index is 0.902. The zero-order valence-corrected chi connectivity index (χ0v) is 12.5. The molecule has 0 aliphatic heterocycles. The lowest BCUT2D eigenvalue weighted by Gasteiger charge is -2.33. The zero-order valence-electron chi connectivity index (χ0n) is 12.5. The maximum atomic E-state index is 2.44. The van der Waals surface area contributed by atoms with Crippen LogP contribution in [0.15, 0.2) is 34.9 Å². The van der Waals surface area contributed by atoms with Crippen LogP contribution in [0.25, 0.3) is 0 Å². The summed E-state index contributed by atoms with van der Waals surface area (Å²) in [6.07, 6.45) is 21.7. The van der Waals surface area contributed by atoms with E-state index in [2.05, 4.69) is 25.2 Å². The van der Waals surface area contributed by atoms with Crippen LogP contribution in [0.4, 0.5) is 0 Å². The summed E-state index contributed by atoms with van der Waals surface area (Å²) in [4.78, 5) is 0. The first kappa shape index (κ1) is 13.2. The molecule has 0 heterocycles. The van der Waals surface area contributed by atoms with Gasteiger partial charge in [0, 0.05) is 0 Å². The molecule has 19 heavy (non-hydrogen) atoms. The van der Waals surface area contributed by atoms with Crippen LogP contribution in [-0.4, -0.2) is 0 Å². The van der Waals surface area contributed by atoms with Gasteiger partial charge < -0.3 is 0 Å². The molecule has 3 aliphatic rings. The number of hydrogen-bond donors (Lipinski definition) is 0. The first-order valence-corrected chi connectivity index (χ1v) is 8.45. The Bertz CT molecular complexity index is 376. The quantitative estimate of drug-likeness (QED) is 0.572. The molecule has 2 fully saturated rings. The summed E-state index contributed by atoms with van der Waals surface area (Å²) in [5.41, 5.74) is 4.89. The highest BCUT2D eigenvalue weighted by molar-refractivity contribution is 5.49. The van der Waals surface area contributed by atoms with Gasteiger partial charge in [0.05, 0.1) is 0 Å². The Morgan fingerprint density at radius 1 is 0.789 bits per heavy atom. The van der Waals surface area contributed by atoms with E-state index in [1.54, 1.807) is 5.57 Å². The van der Waals surface area contributed by atoms with Gasteiger partial charge in [0.2, 0.25) is 0 Å². The molecule has 0 bridgehead atoms. The molecule has 104 valence electrons. The van der Waals surface area contributed by atoms with Crippen LogP contribution in [0, 0.1) is 11.8 Å². The normalized spacial score (nSPS) is 25.7. The van der Waals surface area contributed by atoms with Gasteiger partial charge in [-0.3, -0.25) is 0 Å². The Morgan fingerprint density at radius 2 is 1.32 bits per heavy atom. The fourth-order valence-corrected chi connectivity index (χ4v) is 4.37. The number of rotatable bonds is 2. The molecular formula is C19H28. The molecule has 0 atom stereocenters. The Morgan fingerprint density at radius 3 is 1.74 bits per heavy atom. The van der Waals surface area contributed by atoms with Crippen LogP contribution >= 0.6 is 0 Å². The van der Waals surface area contributed by atoms with Gasteiger partial charge in [-0.2, -0.15) is 0 Å². The topological polar surface area (TPSA) is 0 Å². The van der Waals surface area contributed by atoms with Crippen molar-refractivity contribution in [1.29, 1.82) is 0 Å². The zero-order chi connectivity index (χ0) is 13.1. The van der Waals surface area contributed by atoms with E-state index < -0.39 is 0 Å². The lowest BCUT2D eigenvalue weighted by Crippen LogP contribution is -2.20. The molecule has 3 rings (SSSR count). The van der Waals surface area contributed by atoms with Crippen molar-refractivity contribution in [3.05, 3.63) is 34.9 Å². The van der Waals surface area contributed by atoms with Gasteiger partial charge >= 0.3 is 0 Å². The third kappa shape index (κ3) is 3.04. The predicted octanol–water partition coefficient (Wildman–Crippen LogP) is 5.96. The highest BCUT2D eigenvalue weighted by atomic mass is 14.3. The first-order chi connectivity index (χ1) is 9.34. The van der Waals surface area contributed by atoms with Crippen LogP contribution in [0.5, 0.6) is 0 Å². The minimum Gasteiger partial charge on any atom is -0.0587 e. The summed E-state index contributed by atoms with van der Waals surface area (Å²) in [5, 5.41) is 0. The van der Waals surface area contributed by atoms with Crippen molar-refractivity contribution in [2.24, 2.45) is 11.8 Å². The van der Waals surface area contributed by atoms with Crippen LogP contribution in [0.2, 0.25) is 0 Å². The van der Waals surface area contributed by atoms with Gasteiger partial charge in [0.1, 0.15) is 0 Å². The lowest BCUT2D eigenvalue weighted by atomic mass is 9.72. The number of hydrogen-bond acceptors (Lipinski definition) is 0. The van der Waals surface area contributed by atoms with E-state index in [-0.39, 0.29) is 0 Å². The molecular weight excluding hydrogens is 228 g/mol. The van der Waals surface area contributed by atoms with E-state index in [1.807, 2.05) is 5.57 Å². The Kier molecular flexibility index (Phi) is 4.25. The molecule has 0 N–H and O–H groups in total. The molecule has 0 aromatic heterocycles. The molecule has 2 saturated carbocycles. The second-order valence-electron chi connectivity index (χ2n) is 6.80. The predicted molar refractivity (Wildman–Crippen MR) is 83.1 cm³/mol. The van der Waals surface area contributed by atoms with Gasteiger partial charge in [0.25, 0.3) is 0 Å². The van der Waals surface area contributed by atoms with Crippen molar-refractivity contribution in [2.45, 2.75) is 71.1 Å². The molecule has 0 aromatic carbocycles. The average molecular weight is 256 g/mol. The van der Waals surface area contributed by atoms with Gasteiger partial charge in [-0.25, -0.2) is 0 Å². The summed E-state index contributed by atoms with van der Waals surface area (Å²) in [7, 11) is 0. The van der Waals surface area contributed by atoms with Crippen LogP contribution < -0.4 is 0 Å². The standard InChI is InChI=1S/C19H28/c1-15-12-13-18(14-15)19(16-8-4-2-5-9-16)17-10-6-3-7-11-17/h12-14,16-17H,2-11H2,1H3. The van der Waals surface area contributed by atoms with Crippen molar-refractivity contribution < 1.29 is 0 Å². The third-order valence-corrected chi connectivity index (χ3v) is 5.33. The van der Waals surface area contributed by atoms with E-state index in [0.29, 0.717) is 0 Å². The van der Waals surface area contributed by atoms with Gasteiger partial charge in [-0.1, -0.05) is 67.9 Å². The van der Waals surface area contributed by atoms with Crippen LogP contribution in [-0.2, 0) is 0 Å². The molecule has 0 aromatic rings. The number of allylic oxidation sites excluding steroid dienone is 6. The van der Waals surface area contributed by atoms with Gasteiger partial charge in [-0.05, 0) is 50.0 Å². The summed E-state index contributed by atoms with van der Waals surface area (Å²) in [6, 6.07) is 0. The van der Waals surface area contributed by atoms with Gasteiger partial charge in [0.15, 0.2) is 0 Å². The Labute approximate surface area is 118 Å². The summed E-state index contributed by atoms with van der Waals surface area (Å²) in [6.45, 7) is 2.24. The van der Waals surface area contributed by atoms with E-state index in [4.69, 9.17) is 0 Å². The van der Waals surface area contributed by atoms with Crippen molar-refractivity contribution in [1.82, 2.24) is 0 Å². The molecule has 0 spiro atoms. The highest BCUT2D eigenvalue weighted by Crippen LogP contribution is 2.42. The first-order valence-electron chi connectivity index (χ1n) is 8.45. The van der Waals surface area contributed by atoms with E-state index in [1.165, 1.54) is 69.8 Å². The fourth-order valence-electron chi connectivity index (χ4n) is 4.37. The second-order valence-corrected chi connectivity index (χ2v) is 6.80. The molecule has 0 saturated heterocycles. The highest BCUT2D eigenvalue weighted by Gasteiger charge is 2.27. The molecule has 3 aliphatic carbocycles. The second kappa shape index (κ2) is 6.11. The maximum absolute atomic E-state index is 2.44. The van der Waals surface area contributed by atoms with E-state index in [9.17, 15) is 0 Å². The maximum Gasteiger partial charge on any atom is -0.0191 e. The molecule has 0 nitrogen and oxygen atoms in total. The molecule has 0 unspecified atom stereocenters. The summed E-state index contributed by atoms with van der Waals surface area (Å²) in [5.74, 6) is 1.80. The van der Waals surface area contributed by atoms with Crippen molar-refractivity contribution in [2.75, 3.05) is 0 Å². The monoisotopic (exact) mass is 256 g/mol. The van der Waals surface area contributed by atoms with Crippen molar-refractivity contribution in [3.63, 3.8) is 0 Å².